The molecule has 1 rings (SSSR count). The molecule has 1 saturated heterocycles. The van der Waals surface area contributed by atoms with Crippen LogP contribution in [-0.2, 0) is 9.53 Å². The molecule has 0 aromatic heterocycles. The van der Waals surface area contributed by atoms with E-state index in [0.717, 1.165) is 19.3 Å². The number of rotatable bonds is 6. The van der Waals surface area contributed by atoms with E-state index in [4.69, 9.17) is 15.7 Å². The SMILES string of the molecule is CCCC(CCC)(C(=O)N1CCCOCC1)C(N)=NO. The third-order valence-electron chi connectivity index (χ3n) is 3.87. The van der Waals surface area contributed by atoms with Crippen LogP contribution in [0.5, 0.6) is 0 Å². The third-order valence-corrected chi connectivity index (χ3v) is 3.87. The van der Waals surface area contributed by atoms with Gasteiger partial charge in [0.1, 0.15) is 5.41 Å². The van der Waals surface area contributed by atoms with Crippen molar-refractivity contribution < 1.29 is 14.7 Å². The summed E-state index contributed by atoms with van der Waals surface area (Å²) in [4.78, 5) is 14.8. The van der Waals surface area contributed by atoms with Crippen molar-refractivity contribution in [2.45, 2.75) is 46.0 Å². The molecule has 0 saturated carbocycles. The van der Waals surface area contributed by atoms with Crippen molar-refractivity contribution in [2.24, 2.45) is 16.3 Å². The van der Waals surface area contributed by atoms with Gasteiger partial charge in [0.05, 0.1) is 6.61 Å². The molecule has 0 spiro atoms. The predicted molar refractivity (Wildman–Crippen MR) is 77.7 cm³/mol. The van der Waals surface area contributed by atoms with Crippen LogP contribution in [0.3, 0.4) is 0 Å². The van der Waals surface area contributed by atoms with Crippen LogP contribution in [0.25, 0.3) is 0 Å². The standard InChI is InChI=1S/C14H27N3O3/c1-3-6-14(7-4-2,12(15)16-19)13(18)17-8-5-10-20-11-9-17/h19H,3-11H2,1-2H3,(H2,15,16). The fraction of sp³-hybridized carbons (Fsp3) is 0.857. The Morgan fingerprint density at radius 1 is 1.30 bits per heavy atom. The van der Waals surface area contributed by atoms with Crippen LogP contribution in [0, 0.1) is 5.41 Å². The summed E-state index contributed by atoms with van der Waals surface area (Å²) in [7, 11) is 0. The van der Waals surface area contributed by atoms with Crippen LogP contribution in [0.2, 0.25) is 0 Å². The van der Waals surface area contributed by atoms with Gasteiger partial charge in [0.2, 0.25) is 5.91 Å². The Kier molecular flexibility index (Phi) is 6.78. The number of nitrogens with zero attached hydrogens (tertiary/aromatic N) is 2. The molecule has 1 amide bonds. The second-order valence-electron chi connectivity index (χ2n) is 5.33. The zero-order valence-electron chi connectivity index (χ0n) is 12.6. The summed E-state index contributed by atoms with van der Waals surface area (Å²) in [6.07, 6.45) is 3.66. The van der Waals surface area contributed by atoms with Crippen LogP contribution < -0.4 is 5.73 Å². The summed E-state index contributed by atoms with van der Waals surface area (Å²) < 4.78 is 5.39. The van der Waals surface area contributed by atoms with E-state index < -0.39 is 5.41 Å². The molecule has 0 aromatic rings. The summed E-state index contributed by atoms with van der Waals surface area (Å²) in [5.74, 6) is 0.0124. The lowest BCUT2D eigenvalue weighted by molar-refractivity contribution is -0.139. The summed E-state index contributed by atoms with van der Waals surface area (Å²) >= 11 is 0. The second-order valence-corrected chi connectivity index (χ2v) is 5.33. The number of hydrogen-bond donors (Lipinski definition) is 2. The van der Waals surface area contributed by atoms with Gasteiger partial charge in [0.15, 0.2) is 5.84 Å². The molecule has 0 unspecified atom stereocenters. The number of oxime groups is 1. The molecule has 1 aliphatic rings. The predicted octanol–water partition coefficient (Wildman–Crippen LogP) is 1.57. The molecule has 1 fully saturated rings. The van der Waals surface area contributed by atoms with Gasteiger partial charge in [0.25, 0.3) is 0 Å². The maximum atomic E-state index is 13.0. The van der Waals surface area contributed by atoms with Crippen molar-refractivity contribution in [1.29, 1.82) is 0 Å². The van der Waals surface area contributed by atoms with E-state index in [9.17, 15) is 4.79 Å². The Bertz CT molecular complexity index is 331. The zero-order valence-corrected chi connectivity index (χ0v) is 12.6. The average Bonchev–Trinajstić information content (AvgIpc) is 2.74. The second kappa shape index (κ2) is 8.09. The Morgan fingerprint density at radius 2 is 1.95 bits per heavy atom. The number of amidine groups is 1. The minimum absolute atomic E-state index is 0.0259. The monoisotopic (exact) mass is 285 g/mol. The van der Waals surface area contributed by atoms with Gasteiger partial charge in [-0.2, -0.15) is 0 Å². The molecular weight excluding hydrogens is 258 g/mol. The number of amides is 1. The minimum atomic E-state index is -0.872. The van der Waals surface area contributed by atoms with Gasteiger partial charge in [-0.3, -0.25) is 4.79 Å². The lowest BCUT2D eigenvalue weighted by Gasteiger charge is -2.35. The highest BCUT2D eigenvalue weighted by Gasteiger charge is 2.44. The largest absolute Gasteiger partial charge is 0.409 e. The molecule has 1 aliphatic heterocycles. The lowest BCUT2D eigenvalue weighted by atomic mass is 9.76. The number of nitrogens with two attached hydrogens (primary N) is 1. The number of carbonyl (C=O) groups is 1. The van der Waals surface area contributed by atoms with Crippen LogP contribution in [0.1, 0.15) is 46.0 Å². The van der Waals surface area contributed by atoms with Gasteiger partial charge in [0, 0.05) is 19.7 Å². The molecule has 0 radical (unpaired) electrons. The van der Waals surface area contributed by atoms with Crippen LogP contribution in [-0.4, -0.2) is 48.2 Å². The van der Waals surface area contributed by atoms with Gasteiger partial charge in [-0.15, -0.1) is 0 Å². The first-order valence-corrected chi connectivity index (χ1v) is 7.47. The number of carbonyl (C=O) groups excluding carboxylic acids is 1. The van der Waals surface area contributed by atoms with E-state index in [1.165, 1.54) is 0 Å². The Hall–Kier alpha value is -1.30. The lowest BCUT2D eigenvalue weighted by Crippen LogP contribution is -2.52. The van der Waals surface area contributed by atoms with Crippen molar-refractivity contribution in [1.82, 2.24) is 4.90 Å². The molecule has 0 aliphatic carbocycles. The Morgan fingerprint density at radius 3 is 2.50 bits per heavy atom. The molecule has 6 nitrogen and oxygen atoms in total. The van der Waals surface area contributed by atoms with Crippen LogP contribution >= 0.6 is 0 Å². The smallest absolute Gasteiger partial charge is 0.236 e. The number of ether oxygens (including phenoxy) is 1. The highest BCUT2D eigenvalue weighted by Crippen LogP contribution is 2.33. The van der Waals surface area contributed by atoms with E-state index in [2.05, 4.69) is 5.16 Å². The van der Waals surface area contributed by atoms with E-state index in [1.807, 2.05) is 13.8 Å². The van der Waals surface area contributed by atoms with Gasteiger partial charge >= 0.3 is 0 Å². The first-order chi connectivity index (χ1) is 9.62. The van der Waals surface area contributed by atoms with Crippen molar-refractivity contribution in [3.8, 4) is 0 Å². The highest BCUT2D eigenvalue weighted by atomic mass is 16.5. The molecule has 0 atom stereocenters. The highest BCUT2D eigenvalue weighted by molar-refractivity contribution is 6.06. The molecular formula is C14H27N3O3. The topological polar surface area (TPSA) is 88.2 Å². The van der Waals surface area contributed by atoms with E-state index in [-0.39, 0.29) is 11.7 Å². The van der Waals surface area contributed by atoms with Gasteiger partial charge < -0.3 is 20.6 Å². The number of hydrogen-bond acceptors (Lipinski definition) is 4. The average molecular weight is 285 g/mol. The molecule has 20 heavy (non-hydrogen) atoms. The van der Waals surface area contributed by atoms with Gasteiger partial charge in [-0.25, -0.2) is 0 Å². The molecule has 3 N–H and O–H groups in total. The summed E-state index contributed by atoms with van der Waals surface area (Å²) in [6, 6.07) is 0. The van der Waals surface area contributed by atoms with Crippen molar-refractivity contribution >= 4 is 11.7 Å². The fourth-order valence-electron chi connectivity index (χ4n) is 2.91. The van der Waals surface area contributed by atoms with E-state index in [1.54, 1.807) is 4.90 Å². The summed E-state index contributed by atoms with van der Waals surface area (Å²) in [6.45, 7) is 6.50. The first-order valence-electron chi connectivity index (χ1n) is 7.47. The van der Waals surface area contributed by atoms with Crippen LogP contribution in [0.4, 0.5) is 0 Å². The van der Waals surface area contributed by atoms with Crippen molar-refractivity contribution in [3.63, 3.8) is 0 Å². The molecule has 6 heteroatoms. The quantitative estimate of drug-likeness (QED) is 0.335. The first kappa shape index (κ1) is 16.8. The molecule has 0 aromatic carbocycles. The summed E-state index contributed by atoms with van der Waals surface area (Å²) in [5, 5.41) is 12.2. The third kappa shape index (κ3) is 3.62. The van der Waals surface area contributed by atoms with Gasteiger partial charge in [-0.1, -0.05) is 31.8 Å². The van der Waals surface area contributed by atoms with E-state index in [0.29, 0.717) is 39.1 Å². The Balaban J connectivity index is 3.03. The molecule has 1 heterocycles. The minimum Gasteiger partial charge on any atom is -0.409 e. The Labute approximate surface area is 120 Å². The zero-order chi connectivity index (χ0) is 15.0. The van der Waals surface area contributed by atoms with Crippen LogP contribution in [0.15, 0.2) is 5.16 Å². The molecule has 0 bridgehead atoms. The van der Waals surface area contributed by atoms with Crippen molar-refractivity contribution in [3.05, 3.63) is 0 Å². The maximum Gasteiger partial charge on any atom is 0.236 e. The maximum absolute atomic E-state index is 13.0. The molecule has 116 valence electrons. The normalized spacial score (nSPS) is 17.9. The fourth-order valence-corrected chi connectivity index (χ4v) is 2.91. The van der Waals surface area contributed by atoms with E-state index >= 15 is 0 Å². The van der Waals surface area contributed by atoms with Crippen molar-refractivity contribution in [2.75, 3.05) is 26.3 Å². The van der Waals surface area contributed by atoms with Gasteiger partial charge in [-0.05, 0) is 19.3 Å². The summed E-state index contributed by atoms with van der Waals surface area (Å²) in [5.41, 5.74) is 5.02.